The molecule has 1 aliphatic rings. The molecular formula is C23H19ClN2O5S. The van der Waals surface area contributed by atoms with Gasteiger partial charge in [0.2, 0.25) is 5.91 Å². The standard InChI is InChI=1S/C23H19ClN2O5S/c1-14-7-10-20-17(11-14)16-5-3-4-6-21(16)32(29,30)26(20)13-22(27)25-15-8-9-19(24)18(12-15)23(28)31-2/h3-12H,13H2,1-2H3,(H,25,27). The quantitative estimate of drug-likeness (QED) is 0.575. The van der Waals surface area contributed by atoms with E-state index in [0.29, 0.717) is 16.9 Å². The molecule has 1 amide bonds. The molecule has 0 unspecified atom stereocenters. The van der Waals surface area contributed by atoms with Crippen LogP contribution in [0, 0.1) is 6.92 Å². The van der Waals surface area contributed by atoms with Gasteiger partial charge >= 0.3 is 5.97 Å². The number of carbonyl (C=O) groups is 2. The molecule has 9 heteroatoms. The first kappa shape index (κ1) is 21.9. The van der Waals surface area contributed by atoms with Crippen molar-refractivity contribution in [1.82, 2.24) is 0 Å². The van der Waals surface area contributed by atoms with Gasteiger partial charge in [0.15, 0.2) is 0 Å². The van der Waals surface area contributed by atoms with Gasteiger partial charge in [-0.3, -0.25) is 9.10 Å². The zero-order valence-electron chi connectivity index (χ0n) is 17.3. The number of benzene rings is 3. The van der Waals surface area contributed by atoms with Crippen molar-refractivity contribution in [2.75, 3.05) is 23.3 Å². The van der Waals surface area contributed by atoms with E-state index in [9.17, 15) is 18.0 Å². The lowest BCUT2D eigenvalue weighted by Crippen LogP contribution is -2.40. The van der Waals surface area contributed by atoms with E-state index in [1.54, 1.807) is 30.3 Å². The summed E-state index contributed by atoms with van der Waals surface area (Å²) < 4.78 is 32.4. The maximum atomic E-state index is 13.3. The predicted octanol–water partition coefficient (Wildman–Crippen LogP) is 4.25. The van der Waals surface area contributed by atoms with Crippen molar-refractivity contribution in [3.63, 3.8) is 0 Å². The molecule has 0 radical (unpaired) electrons. The molecule has 1 heterocycles. The van der Waals surface area contributed by atoms with Crippen molar-refractivity contribution < 1.29 is 22.7 Å². The second kappa shape index (κ2) is 8.29. The molecule has 1 aliphatic heterocycles. The number of amides is 1. The number of hydrogen-bond donors (Lipinski definition) is 1. The summed E-state index contributed by atoms with van der Waals surface area (Å²) >= 11 is 6.02. The molecule has 0 atom stereocenters. The SMILES string of the molecule is COC(=O)c1cc(NC(=O)CN2c3ccc(C)cc3-c3ccccc3S2(=O)=O)ccc1Cl. The lowest BCUT2D eigenvalue weighted by Gasteiger charge is -2.31. The highest BCUT2D eigenvalue weighted by atomic mass is 35.5. The van der Waals surface area contributed by atoms with Crippen LogP contribution in [-0.2, 0) is 19.6 Å². The molecule has 164 valence electrons. The molecule has 0 spiro atoms. The van der Waals surface area contributed by atoms with Gasteiger partial charge in [-0.15, -0.1) is 0 Å². The highest BCUT2D eigenvalue weighted by Gasteiger charge is 2.35. The number of fused-ring (bicyclic) bond motifs is 3. The van der Waals surface area contributed by atoms with Gasteiger partial charge < -0.3 is 10.1 Å². The lowest BCUT2D eigenvalue weighted by atomic mass is 10.0. The lowest BCUT2D eigenvalue weighted by molar-refractivity contribution is -0.114. The number of esters is 1. The highest BCUT2D eigenvalue weighted by molar-refractivity contribution is 7.93. The maximum Gasteiger partial charge on any atom is 0.339 e. The summed E-state index contributed by atoms with van der Waals surface area (Å²) in [4.78, 5) is 24.8. The zero-order chi connectivity index (χ0) is 23.0. The second-order valence-electron chi connectivity index (χ2n) is 7.26. The molecule has 1 N–H and O–H groups in total. The summed E-state index contributed by atoms with van der Waals surface area (Å²) in [5, 5.41) is 2.80. The Labute approximate surface area is 190 Å². The Morgan fingerprint density at radius 3 is 2.53 bits per heavy atom. The van der Waals surface area contributed by atoms with Crippen LogP contribution in [0.3, 0.4) is 0 Å². The molecule has 3 aromatic rings. The van der Waals surface area contributed by atoms with Crippen LogP contribution in [0.4, 0.5) is 11.4 Å². The van der Waals surface area contributed by atoms with E-state index < -0.39 is 28.4 Å². The van der Waals surface area contributed by atoms with Crippen LogP contribution in [0.5, 0.6) is 0 Å². The van der Waals surface area contributed by atoms with E-state index in [1.807, 2.05) is 13.0 Å². The Balaban J connectivity index is 1.68. The minimum absolute atomic E-state index is 0.0901. The fourth-order valence-electron chi connectivity index (χ4n) is 3.62. The minimum atomic E-state index is -3.95. The Morgan fingerprint density at radius 2 is 1.78 bits per heavy atom. The monoisotopic (exact) mass is 470 g/mol. The fraction of sp³-hybridized carbons (Fsp3) is 0.130. The molecular weight excluding hydrogens is 452 g/mol. The largest absolute Gasteiger partial charge is 0.465 e. The zero-order valence-corrected chi connectivity index (χ0v) is 18.8. The van der Waals surface area contributed by atoms with Gasteiger partial charge in [0.1, 0.15) is 6.54 Å². The smallest absolute Gasteiger partial charge is 0.339 e. The second-order valence-corrected chi connectivity index (χ2v) is 9.50. The first-order chi connectivity index (χ1) is 15.2. The van der Waals surface area contributed by atoms with Gasteiger partial charge in [0.25, 0.3) is 10.0 Å². The Kier molecular flexibility index (Phi) is 5.66. The molecule has 0 saturated carbocycles. The van der Waals surface area contributed by atoms with Crippen LogP contribution in [0.25, 0.3) is 11.1 Å². The van der Waals surface area contributed by atoms with E-state index in [2.05, 4.69) is 10.1 Å². The number of hydrogen-bond acceptors (Lipinski definition) is 5. The minimum Gasteiger partial charge on any atom is -0.465 e. The number of sulfonamides is 1. The Morgan fingerprint density at radius 1 is 1.03 bits per heavy atom. The van der Waals surface area contributed by atoms with Gasteiger partial charge in [-0.25, -0.2) is 13.2 Å². The molecule has 0 aromatic heterocycles. The molecule has 7 nitrogen and oxygen atoms in total. The van der Waals surface area contributed by atoms with Crippen LogP contribution < -0.4 is 9.62 Å². The van der Waals surface area contributed by atoms with Crippen LogP contribution in [-0.4, -0.2) is 33.9 Å². The predicted molar refractivity (Wildman–Crippen MR) is 123 cm³/mol. The summed E-state index contributed by atoms with van der Waals surface area (Å²) in [6, 6.07) is 16.5. The van der Waals surface area contributed by atoms with Crippen molar-refractivity contribution in [3.8, 4) is 11.1 Å². The molecule has 4 rings (SSSR count). The average molecular weight is 471 g/mol. The summed E-state index contributed by atoms with van der Waals surface area (Å²) in [6.07, 6.45) is 0. The van der Waals surface area contributed by atoms with E-state index >= 15 is 0 Å². The molecule has 32 heavy (non-hydrogen) atoms. The first-order valence-corrected chi connectivity index (χ1v) is 11.4. The third kappa shape index (κ3) is 3.83. The highest BCUT2D eigenvalue weighted by Crippen LogP contribution is 2.43. The van der Waals surface area contributed by atoms with Crippen LogP contribution >= 0.6 is 11.6 Å². The summed E-state index contributed by atoms with van der Waals surface area (Å²) in [5.74, 6) is -1.22. The number of aryl methyl sites for hydroxylation is 1. The van der Waals surface area contributed by atoms with Crippen molar-refractivity contribution in [1.29, 1.82) is 0 Å². The Hall–Kier alpha value is -3.36. The van der Waals surface area contributed by atoms with Gasteiger partial charge in [-0.2, -0.15) is 0 Å². The number of rotatable bonds is 4. The first-order valence-electron chi connectivity index (χ1n) is 9.63. The Bertz CT molecular complexity index is 1350. The van der Waals surface area contributed by atoms with Crippen molar-refractivity contribution in [2.45, 2.75) is 11.8 Å². The summed E-state index contributed by atoms with van der Waals surface area (Å²) in [5.41, 5.74) is 3.12. The third-order valence-electron chi connectivity index (χ3n) is 5.11. The van der Waals surface area contributed by atoms with Crippen LogP contribution in [0.1, 0.15) is 15.9 Å². The number of ether oxygens (including phenoxy) is 1. The van der Waals surface area contributed by atoms with Gasteiger partial charge in [0, 0.05) is 16.8 Å². The molecule has 0 fully saturated rings. The molecule has 0 bridgehead atoms. The van der Waals surface area contributed by atoms with Crippen molar-refractivity contribution in [2.24, 2.45) is 0 Å². The van der Waals surface area contributed by atoms with E-state index in [0.717, 1.165) is 15.4 Å². The fourth-order valence-corrected chi connectivity index (χ4v) is 5.46. The van der Waals surface area contributed by atoms with E-state index in [-0.39, 0.29) is 15.5 Å². The van der Waals surface area contributed by atoms with Crippen LogP contribution in [0.2, 0.25) is 5.02 Å². The number of methoxy groups -OCH3 is 1. The van der Waals surface area contributed by atoms with Crippen molar-refractivity contribution in [3.05, 3.63) is 76.8 Å². The van der Waals surface area contributed by atoms with Gasteiger partial charge in [-0.1, -0.05) is 41.4 Å². The average Bonchev–Trinajstić information content (AvgIpc) is 2.77. The molecule has 0 saturated heterocycles. The number of carbonyl (C=O) groups excluding carboxylic acids is 2. The normalized spacial score (nSPS) is 13.7. The maximum absolute atomic E-state index is 13.3. The third-order valence-corrected chi connectivity index (χ3v) is 7.26. The molecule has 0 aliphatic carbocycles. The van der Waals surface area contributed by atoms with E-state index in [1.165, 1.54) is 31.4 Å². The molecule has 3 aromatic carbocycles. The number of anilines is 2. The topological polar surface area (TPSA) is 92.8 Å². The van der Waals surface area contributed by atoms with Crippen LogP contribution in [0.15, 0.2) is 65.6 Å². The van der Waals surface area contributed by atoms with Gasteiger partial charge in [0.05, 0.1) is 28.3 Å². The van der Waals surface area contributed by atoms with Crippen molar-refractivity contribution >= 4 is 44.9 Å². The number of nitrogens with one attached hydrogen (secondary N) is 1. The summed E-state index contributed by atoms with van der Waals surface area (Å²) in [7, 11) is -2.73. The number of nitrogens with zero attached hydrogens (tertiary/aromatic N) is 1. The van der Waals surface area contributed by atoms with Gasteiger partial charge in [-0.05, 0) is 43.3 Å². The summed E-state index contributed by atoms with van der Waals surface area (Å²) in [6.45, 7) is 1.48. The number of halogens is 1. The van der Waals surface area contributed by atoms with E-state index in [4.69, 9.17) is 11.6 Å².